The summed E-state index contributed by atoms with van der Waals surface area (Å²) in [6.07, 6.45) is -5.02. The normalized spacial score (nSPS) is 11.4. The van der Waals surface area contributed by atoms with Crippen molar-refractivity contribution in [2.45, 2.75) is 6.18 Å². The molecule has 0 amide bonds. The van der Waals surface area contributed by atoms with Crippen molar-refractivity contribution < 1.29 is 27.8 Å². The van der Waals surface area contributed by atoms with Crippen molar-refractivity contribution in [3.05, 3.63) is 79.3 Å². The summed E-state index contributed by atoms with van der Waals surface area (Å²) in [5.74, 6) is -1.12. The summed E-state index contributed by atoms with van der Waals surface area (Å²) >= 11 is 6.21. The number of hydrogen-bond acceptors (Lipinski definition) is 5. The van der Waals surface area contributed by atoms with Crippen LogP contribution in [0.2, 0.25) is 5.02 Å². The molecule has 0 N–H and O–H groups in total. The van der Waals surface area contributed by atoms with Crippen LogP contribution in [0.15, 0.2) is 48.5 Å². The molecular formula is C17H8ClF3N2O5. The molecule has 0 atom stereocenters. The van der Waals surface area contributed by atoms with Gasteiger partial charge in [0.1, 0.15) is 5.75 Å². The Hall–Kier alpha value is -3.40. The molecule has 28 heavy (non-hydrogen) atoms. The molecule has 0 saturated carbocycles. The Labute approximate surface area is 159 Å². The maximum Gasteiger partial charge on any atom is 0.416 e. The van der Waals surface area contributed by atoms with Gasteiger partial charge >= 0.3 is 17.6 Å². The first-order valence-electron chi connectivity index (χ1n) is 7.48. The highest BCUT2D eigenvalue weighted by molar-refractivity contribution is 6.37. The number of halogens is 4. The van der Waals surface area contributed by atoms with E-state index in [2.05, 4.69) is 0 Å². The average Bonchev–Trinajstić information content (AvgIpc) is 2.62. The highest BCUT2D eigenvalue weighted by Gasteiger charge is 2.38. The van der Waals surface area contributed by atoms with E-state index in [0.717, 1.165) is 0 Å². The molecule has 0 saturated heterocycles. The third kappa shape index (κ3) is 3.54. The van der Waals surface area contributed by atoms with Crippen LogP contribution in [0.25, 0.3) is 10.8 Å². The van der Waals surface area contributed by atoms with E-state index in [4.69, 9.17) is 16.3 Å². The smallest absolute Gasteiger partial charge is 0.416 e. The summed E-state index contributed by atoms with van der Waals surface area (Å²) in [5.41, 5.74) is -3.95. The first-order chi connectivity index (χ1) is 13.1. The molecule has 0 aliphatic carbocycles. The van der Waals surface area contributed by atoms with Crippen molar-refractivity contribution in [1.29, 1.82) is 0 Å². The fourth-order valence-corrected chi connectivity index (χ4v) is 2.81. The Morgan fingerprint density at radius 3 is 2.04 bits per heavy atom. The second kappa shape index (κ2) is 6.97. The molecule has 3 aromatic rings. The molecule has 0 aromatic heterocycles. The third-order valence-corrected chi connectivity index (χ3v) is 4.20. The topological polar surface area (TPSA) is 95.5 Å². The van der Waals surface area contributed by atoms with Crippen molar-refractivity contribution >= 4 is 33.7 Å². The van der Waals surface area contributed by atoms with E-state index in [-0.39, 0.29) is 22.9 Å². The highest BCUT2D eigenvalue weighted by atomic mass is 35.5. The van der Waals surface area contributed by atoms with Gasteiger partial charge in [-0.1, -0.05) is 41.9 Å². The molecule has 0 unspecified atom stereocenters. The number of ether oxygens (including phenoxy) is 1. The maximum atomic E-state index is 13.0. The van der Waals surface area contributed by atoms with Gasteiger partial charge in [-0.2, -0.15) is 13.2 Å². The number of nitrogens with zero attached hydrogens (tertiary/aromatic N) is 2. The molecule has 0 radical (unpaired) electrons. The lowest BCUT2D eigenvalue weighted by molar-refractivity contribution is -0.396. The highest BCUT2D eigenvalue weighted by Crippen LogP contribution is 2.46. The predicted octanol–water partition coefficient (Wildman–Crippen LogP) is 6.12. The van der Waals surface area contributed by atoms with E-state index in [9.17, 15) is 33.4 Å². The molecule has 0 heterocycles. The number of fused-ring (bicyclic) bond motifs is 1. The molecule has 3 aromatic carbocycles. The number of hydrogen-bond donors (Lipinski definition) is 0. The lowest BCUT2D eigenvalue weighted by Gasteiger charge is -2.12. The van der Waals surface area contributed by atoms with Crippen molar-refractivity contribution in [2.75, 3.05) is 0 Å². The van der Waals surface area contributed by atoms with Crippen LogP contribution in [-0.4, -0.2) is 9.85 Å². The van der Waals surface area contributed by atoms with E-state index in [1.165, 1.54) is 6.07 Å². The predicted molar refractivity (Wildman–Crippen MR) is 93.8 cm³/mol. The van der Waals surface area contributed by atoms with Crippen molar-refractivity contribution in [1.82, 2.24) is 0 Å². The summed E-state index contributed by atoms with van der Waals surface area (Å²) in [4.78, 5) is 20.2. The van der Waals surface area contributed by atoms with Crippen LogP contribution in [0.3, 0.4) is 0 Å². The molecule has 3 rings (SSSR count). The van der Waals surface area contributed by atoms with Gasteiger partial charge in [-0.05, 0) is 11.5 Å². The summed E-state index contributed by atoms with van der Waals surface area (Å²) < 4.78 is 44.2. The van der Waals surface area contributed by atoms with Gasteiger partial charge in [0, 0.05) is 17.5 Å². The Kier molecular flexibility index (Phi) is 4.82. The molecule has 0 spiro atoms. The lowest BCUT2D eigenvalue weighted by atomic mass is 10.1. The zero-order chi connectivity index (χ0) is 20.6. The van der Waals surface area contributed by atoms with Gasteiger partial charge < -0.3 is 4.74 Å². The molecule has 0 aliphatic rings. The second-order valence-electron chi connectivity index (χ2n) is 5.56. The number of rotatable bonds is 4. The van der Waals surface area contributed by atoms with E-state index in [0.29, 0.717) is 10.8 Å². The van der Waals surface area contributed by atoms with Gasteiger partial charge in [-0.15, -0.1) is 0 Å². The minimum absolute atomic E-state index is 0.00148. The van der Waals surface area contributed by atoms with Crippen LogP contribution >= 0.6 is 11.6 Å². The molecule has 7 nitrogen and oxygen atoms in total. The third-order valence-electron chi connectivity index (χ3n) is 3.81. The van der Waals surface area contributed by atoms with Gasteiger partial charge in [0.05, 0.1) is 20.4 Å². The number of alkyl halides is 3. The summed E-state index contributed by atoms with van der Waals surface area (Å²) in [6.45, 7) is 0. The van der Waals surface area contributed by atoms with Crippen LogP contribution in [-0.2, 0) is 6.18 Å². The van der Waals surface area contributed by atoms with Crippen molar-refractivity contribution in [2.24, 2.45) is 0 Å². The summed E-state index contributed by atoms with van der Waals surface area (Å²) in [7, 11) is 0. The van der Waals surface area contributed by atoms with Crippen LogP contribution in [0.1, 0.15) is 5.56 Å². The minimum atomic E-state index is -5.02. The van der Waals surface area contributed by atoms with Gasteiger partial charge in [0.2, 0.25) is 0 Å². The fourth-order valence-electron chi connectivity index (χ4n) is 2.54. The van der Waals surface area contributed by atoms with Gasteiger partial charge in [0.15, 0.2) is 0 Å². The van der Waals surface area contributed by atoms with Gasteiger partial charge in [-0.25, -0.2) is 0 Å². The van der Waals surface area contributed by atoms with Gasteiger partial charge in [-0.3, -0.25) is 20.2 Å². The first-order valence-corrected chi connectivity index (χ1v) is 7.86. The van der Waals surface area contributed by atoms with E-state index in [1.807, 2.05) is 0 Å². The quantitative estimate of drug-likeness (QED) is 0.380. The standard InChI is InChI=1S/C17H8ClF3N2O5/c18-15-11-4-2-1-3-9(11)5-6-14(15)28-16-12(22(24)25)7-10(17(19,20)21)8-13(16)23(26)27/h1-8H. The monoisotopic (exact) mass is 412 g/mol. The summed E-state index contributed by atoms with van der Waals surface area (Å²) in [5, 5.41) is 23.7. The van der Waals surface area contributed by atoms with Gasteiger partial charge in [0.25, 0.3) is 5.75 Å². The molecule has 11 heteroatoms. The van der Waals surface area contributed by atoms with Crippen LogP contribution in [0, 0.1) is 20.2 Å². The van der Waals surface area contributed by atoms with Crippen LogP contribution in [0.4, 0.5) is 24.5 Å². The molecule has 0 fully saturated rings. The molecular weight excluding hydrogens is 405 g/mol. The Balaban J connectivity index is 2.22. The second-order valence-corrected chi connectivity index (χ2v) is 5.93. The van der Waals surface area contributed by atoms with Crippen LogP contribution < -0.4 is 4.74 Å². The van der Waals surface area contributed by atoms with E-state index < -0.39 is 38.7 Å². The van der Waals surface area contributed by atoms with E-state index >= 15 is 0 Å². The Bertz CT molecular complexity index is 1080. The average molecular weight is 413 g/mol. The molecule has 0 aliphatic heterocycles. The first kappa shape index (κ1) is 19.4. The summed E-state index contributed by atoms with van der Waals surface area (Å²) in [6, 6.07) is 9.99. The largest absolute Gasteiger partial charge is 0.443 e. The van der Waals surface area contributed by atoms with Crippen molar-refractivity contribution in [3.63, 3.8) is 0 Å². The zero-order valence-corrected chi connectivity index (χ0v) is 14.3. The fraction of sp³-hybridized carbons (Fsp3) is 0.0588. The Morgan fingerprint density at radius 2 is 1.50 bits per heavy atom. The maximum absolute atomic E-state index is 13.0. The lowest BCUT2D eigenvalue weighted by Crippen LogP contribution is -2.08. The number of nitro groups is 2. The van der Waals surface area contributed by atoms with E-state index in [1.54, 1.807) is 30.3 Å². The number of benzene rings is 3. The molecule has 144 valence electrons. The SMILES string of the molecule is O=[N+]([O-])c1cc(C(F)(F)F)cc([N+](=O)[O-])c1Oc1ccc2ccccc2c1Cl. The molecule has 0 bridgehead atoms. The van der Waals surface area contributed by atoms with Crippen LogP contribution in [0.5, 0.6) is 11.5 Å². The Morgan fingerprint density at radius 1 is 0.929 bits per heavy atom. The minimum Gasteiger partial charge on any atom is -0.443 e. The van der Waals surface area contributed by atoms with Crippen molar-refractivity contribution in [3.8, 4) is 11.5 Å². The number of nitro benzene ring substituents is 2. The zero-order valence-electron chi connectivity index (χ0n) is 13.6.